The molecule has 0 saturated heterocycles. The first-order valence-corrected chi connectivity index (χ1v) is 13.9. The van der Waals surface area contributed by atoms with Crippen LogP contribution in [0.2, 0.25) is 0 Å². The zero-order chi connectivity index (χ0) is 32.2. The Balaban J connectivity index is 4.60. The van der Waals surface area contributed by atoms with Gasteiger partial charge in [-0.15, -0.1) is 0 Å². The summed E-state index contributed by atoms with van der Waals surface area (Å²) in [4.78, 5) is 93.5. The van der Waals surface area contributed by atoms with E-state index in [9.17, 15) is 48.6 Å². The van der Waals surface area contributed by atoms with Gasteiger partial charge in [0.15, 0.2) is 5.78 Å². The fourth-order valence-electron chi connectivity index (χ4n) is 4.16. The van der Waals surface area contributed by atoms with Gasteiger partial charge in [0.25, 0.3) is 0 Å². The molecule has 0 rings (SSSR count). The number of aliphatic carboxylic acids is 3. The number of Topliss-reactive ketones (excluding diaryl/α,β-unsaturated/α-hetero) is 2. The molecular formula is C27H43N3O12. The summed E-state index contributed by atoms with van der Waals surface area (Å²) < 4.78 is 0. The first kappa shape index (κ1) is 38.1. The lowest BCUT2D eigenvalue weighted by Crippen LogP contribution is -2.42. The second kappa shape index (κ2) is 20.9. The third-order valence-electron chi connectivity index (χ3n) is 6.63. The molecular weight excluding hydrogens is 558 g/mol. The number of carbonyl (C=O) groups excluding carboxylic acids is 5. The van der Waals surface area contributed by atoms with Gasteiger partial charge in [0.05, 0.1) is 5.92 Å². The van der Waals surface area contributed by atoms with Gasteiger partial charge in [0.2, 0.25) is 17.7 Å². The minimum atomic E-state index is -1.40. The number of aliphatic hydroxyl groups excluding tert-OH is 1. The molecule has 0 aromatic heterocycles. The maximum absolute atomic E-state index is 12.3. The van der Waals surface area contributed by atoms with Crippen LogP contribution in [0.3, 0.4) is 0 Å². The zero-order valence-corrected chi connectivity index (χ0v) is 24.1. The van der Waals surface area contributed by atoms with Crippen molar-refractivity contribution in [2.24, 2.45) is 11.8 Å². The SMILES string of the molecule is CC[C@@H](CCCCNC(=O)CC[C@H](NC(=O)CC[C@H](CC(=O)CC[C@H](NC(C)=O)C(=O)O)C(=O)O)C(=O)O)C(=O)CO. The van der Waals surface area contributed by atoms with E-state index >= 15 is 0 Å². The highest BCUT2D eigenvalue weighted by molar-refractivity contribution is 5.87. The topological polar surface area (TPSA) is 254 Å². The molecule has 0 aliphatic rings. The summed E-state index contributed by atoms with van der Waals surface area (Å²) in [6.45, 7) is 2.77. The van der Waals surface area contributed by atoms with Gasteiger partial charge in [-0.3, -0.25) is 28.8 Å². The summed E-state index contributed by atoms with van der Waals surface area (Å²) in [6.07, 6.45) is 0.323. The number of carboxylic acid groups (broad SMARTS) is 3. The van der Waals surface area contributed by atoms with Gasteiger partial charge in [0.1, 0.15) is 24.5 Å². The zero-order valence-electron chi connectivity index (χ0n) is 24.1. The Kier molecular flexibility index (Phi) is 19.0. The summed E-state index contributed by atoms with van der Waals surface area (Å²) in [5, 5.41) is 43.9. The minimum Gasteiger partial charge on any atom is -0.481 e. The third kappa shape index (κ3) is 17.0. The lowest BCUT2D eigenvalue weighted by atomic mass is 9.94. The van der Waals surface area contributed by atoms with Crippen molar-refractivity contribution >= 4 is 47.2 Å². The van der Waals surface area contributed by atoms with E-state index in [1.165, 1.54) is 0 Å². The second-order valence-electron chi connectivity index (χ2n) is 10.0. The van der Waals surface area contributed by atoms with Crippen LogP contribution < -0.4 is 16.0 Å². The molecule has 0 aromatic carbocycles. The Morgan fingerprint density at radius 2 is 1.24 bits per heavy atom. The normalized spacial score (nSPS) is 13.6. The van der Waals surface area contributed by atoms with Crippen molar-refractivity contribution < 1.29 is 58.8 Å². The maximum atomic E-state index is 12.3. The number of rotatable bonds is 24. The van der Waals surface area contributed by atoms with Crippen molar-refractivity contribution in [3.8, 4) is 0 Å². The van der Waals surface area contributed by atoms with Crippen molar-refractivity contribution in [1.29, 1.82) is 0 Å². The van der Waals surface area contributed by atoms with E-state index < -0.39 is 78.9 Å². The molecule has 0 aliphatic carbocycles. The van der Waals surface area contributed by atoms with Crippen molar-refractivity contribution in [3.05, 3.63) is 0 Å². The molecule has 15 heteroatoms. The van der Waals surface area contributed by atoms with Crippen LogP contribution in [-0.4, -0.2) is 92.9 Å². The van der Waals surface area contributed by atoms with Crippen LogP contribution in [0, 0.1) is 11.8 Å². The van der Waals surface area contributed by atoms with E-state index in [0.717, 1.165) is 6.92 Å². The molecule has 7 N–H and O–H groups in total. The van der Waals surface area contributed by atoms with Crippen molar-refractivity contribution in [1.82, 2.24) is 16.0 Å². The monoisotopic (exact) mass is 601 g/mol. The summed E-state index contributed by atoms with van der Waals surface area (Å²) in [5.74, 6) is -8.18. The van der Waals surface area contributed by atoms with E-state index in [-0.39, 0.29) is 43.8 Å². The Hall–Kier alpha value is -3.88. The first-order valence-electron chi connectivity index (χ1n) is 13.9. The molecule has 0 fully saturated rings. The van der Waals surface area contributed by atoms with Gasteiger partial charge in [-0.25, -0.2) is 9.59 Å². The maximum Gasteiger partial charge on any atom is 0.326 e. The van der Waals surface area contributed by atoms with E-state index in [0.29, 0.717) is 32.2 Å². The van der Waals surface area contributed by atoms with Crippen LogP contribution in [0.15, 0.2) is 0 Å². The summed E-state index contributed by atoms with van der Waals surface area (Å²) in [5.41, 5.74) is 0. The van der Waals surface area contributed by atoms with Gasteiger partial charge < -0.3 is 36.4 Å². The number of nitrogens with one attached hydrogen (secondary N) is 3. The van der Waals surface area contributed by atoms with Gasteiger partial charge in [0, 0.05) is 45.1 Å². The summed E-state index contributed by atoms with van der Waals surface area (Å²) >= 11 is 0. The minimum absolute atomic E-state index is 0.195. The molecule has 0 radical (unpaired) electrons. The predicted molar refractivity (Wildman–Crippen MR) is 146 cm³/mol. The molecule has 42 heavy (non-hydrogen) atoms. The number of carbonyl (C=O) groups is 8. The summed E-state index contributed by atoms with van der Waals surface area (Å²) in [7, 11) is 0. The smallest absolute Gasteiger partial charge is 0.326 e. The molecule has 0 aromatic rings. The highest BCUT2D eigenvalue weighted by Crippen LogP contribution is 2.16. The molecule has 15 nitrogen and oxygen atoms in total. The average Bonchev–Trinajstić information content (AvgIpc) is 2.91. The molecule has 238 valence electrons. The quantitative estimate of drug-likeness (QED) is 0.0723. The lowest BCUT2D eigenvalue weighted by molar-refractivity contribution is -0.145. The molecule has 0 spiro atoms. The van der Waals surface area contributed by atoms with Crippen molar-refractivity contribution in [2.75, 3.05) is 13.2 Å². The number of hydrogen-bond donors (Lipinski definition) is 7. The van der Waals surface area contributed by atoms with Crippen LogP contribution in [-0.2, 0) is 38.4 Å². The summed E-state index contributed by atoms with van der Waals surface area (Å²) in [6, 6.07) is -2.71. The Bertz CT molecular complexity index is 968. The van der Waals surface area contributed by atoms with Crippen molar-refractivity contribution in [3.63, 3.8) is 0 Å². The largest absolute Gasteiger partial charge is 0.481 e. The number of ketones is 2. The van der Waals surface area contributed by atoms with Gasteiger partial charge in [-0.2, -0.15) is 0 Å². The highest BCUT2D eigenvalue weighted by atomic mass is 16.4. The van der Waals surface area contributed by atoms with Crippen LogP contribution in [0.25, 0.3) is 0 Å². The van der Waals surface area contributed by atoms with E-state index in [1.807, 2.05) is 6.92 Å². The standard InChI is InChI=1S/C27H43N3O12/c1-3-17(22(34)15-31)6-4-5-13-28-23(35)12-10-21(27(41)42)30-24(36)11-7-18(25(37)38)14-19(33)8-9-20(26(39)40)29-16(2)32/h17-18,20-21,31H,3-15H2,1-2H3,(H,28,35)(H,29,32)(H,30,36)(H,37,38)(H,39,40)(H,41,42)/t17-,18+,20-,21-/m0/s1. The fraction of sp³-hybridized carbons (Fsp3) is 0.704. The predicted octanol–water partition coefficient (Wildman–Crippen LogP) is 0.0198. The van der Waals surface area contributed by atoms with Crippen LogP contribution in [0.5, 0.6) is 0 Å². The highest BCUT2D eigenvalue weighted by Gasteiger charge is 2.26. The number of aliphatic hydroxyl groups is 1. The third-order valence-corrected chi connectivity index (χ3v) is 6.63. The first-order chi connectivity index (χ1) is 19.7. The number of carboxylic acids is 3. The number of amides is 3. The van der Waals surface area contributed by atoms with E-state index in [2.05, 4.69) is 16.0 Å². The van der Waals surface area contributed by atoms with Crippen molar-refractivity contribution in [2.45, 2.75) is 96.6 Å². The molecule has 0 heterocycles. The van der Waals surface area contributed by atoms with Crippen LogP contribution in [0.4, 0.5) is 0 Å². The molecule has 4 atom stereocenters. The molecule has 0 saturated carbocycles. The Morgan fingerprint density at radius 1 is 0.667 bits per heavy atom. The lowest BCUT2D eigenvalue weighted by Gasteiger charge is -2.16. The molecule has 0 unspecified atom stereocenters. The molecule has 0 bridgehead atoms. The Morgan fingerprint density at radius 3 is 1.76 bits per heavy atom. The second-order valence-corrected chi connectivity index (χ2v) is 10.0. The number of hydrogen-bond acceptors (Lipinski definition) is 9. The van der Waals surface area contributed by atoms with E-state index in [1.54, 1.807) is 0 Å². The van der Waals surface area contributed by atoms with Crippen LogP contribution in [0.1, 0.15) is 84.5 Å². The van der Waals surface area contributed by atoms with Gasteiger partial charge in [-0.05, 0) is 38.5 Å². The number of unbranched alkanes of at least 4 members (excludes halogenated alkanes) is 1. The Labute approximate surface area is 243 Å². The molecule has 0 aliphatic heterocycles. The van der Waals surface area contributed by atoms with Gasteiger partial charge >= 0.3 is 17.9 Å². The van der Waals surface area contributed by atoms with Crippen LogP contribution >= 0.6 is 0 Å². The van der Waals surface area contributed by atoms with E-state index in [4.69, 9.17) is 10.2 Å². The average molecular weight is 602 g/mol. The molecule has 3 amide bonds. The fourth-order valence-corrected chi connectivity index (χ4v) is 4.16. The van der Waals surface area contributed by atoms with Gasteiger partial charge in [-0.1, -0.05) is 13.3 Å².